The van der Waals surface area contributed by atoms with Crippen LogP contribution in [0.25, 0.3) is 0 Å². The molecule has 0 unspecified atom stereocenters. The molecule has 5 heteroatoms. The summed E-state index contributed by atoms with van der Waals surface area (Å²) in [7, 11) is 1.59. The Kier molecular flexibility index (Phi) is 4.09. The maximum absolute atomic E-state index is 12.1. The van der Waals surface area contributed by atoms with Crippen LogP contribution in [0.1, 0.15) is 29.8 Å². The first-order chi connectivity index (χ1) is 9.44. The second-order valence-electron chi connectivity index (χ2n) is 5.52. The highest BCUT2D eigenvalue weighted by atomic mass is 16.6. The van der Waals surface area contributed by atoms with Crippen molar-refractivity contribution in [3.63, 3.8) is 0 Å². The van der Waals surface area contributed by atoms with Crippen molar-refractivity contribution in [2.45, 2.75) is 26.6 Å². The van der Waals surface area contributed by atoms with Crippen LogP contribution in [0.4, 0.5) is 0 Å². The third kappa shape index (κ3) is 2.99. The fourth-order valence-corrected chi connectivity index (χ4v) is 2.07. The SMILES string of the molecule is COCc1cccc(C(=O)O[C@H]2C(=O)OCC2(C)C)c1. The number of methoxy groups -OCH3 is 1. The standard InChI is InChI=1S/C15H18O5/c1-15(2)9-19-14(17)12(15)20-13(16)11-6-4-5-10(7-11)8-18-3/h4-7,12H,8-9H2,1-3H3/t12-/m0/s1. The van der Waals surface area contributed by atoms with Crippen molar-refractivity contribution < 1.29 is 23.8 Å². The maximum Gasteiger partial charge on any atom is 0.348 e. The summed E-state index contributed by atoms with van der Waals surface area (Å²) in [4.78, 5) is 23.7. The molecule has 1 aromatic carbocycles. The smallest absolute Gasteiger partial charge is 0.348 e. The average Bonchev–Trinajstić information content (AvgIpc) is 2.66. The summed E-state index contributed by atoms with van der Waals surface area (Å²) in [6, 6.07) is 6.95. The molecule has 0 aromatic heterocycles. The predicted molar refractivity (Wildman–Crippen MR) is 71.1 cm³/mol. The van der Waals surface area contributed by atoms with Crippen molar-refractivity contribution >= 4 is 11.9 Å². The van der Waals surface area contributed by atoms with Crippen LogP contribution in [0.5, 0.6) is 0 Å². The number of carbonyl (C=O) groups excluding carboxylic acids is 2. The number of esters is 2. The zero-order chi connectivity index (χ0) is 14.8. The second kappa shape index (κ2) is 5.63. The van der Waals surface area contributed by atoms with Crippen molar-refractivity contribution in [3.05, 3.63) is 35.4 Å². The van der Waals surface area contributed by atoms with Crippen LogP contribution < -0.4 is 0 Å². The Balaban J connectivity index is 2.12. The lowest BCUT2D eigenvalue weighted by molar-refractivity contribution is -0.145. The van der Waals surface area contributed by atoms with Gasteiger partial charge in [-0.15, -0.1) is 0 Å². The van der Waals surface area contributed by atoms with E-state index in [-0.39, 0.29) is 6.61 Å². The van der Waals surface area contributed by atoms with Gasteiger partial charge in [-0.1, -0.05) is 26.0 Å². The van der Waals surface area contributed by atoms with Crippen LogP contribution >= 0.6 is 0 Å². The van der Waals surface area contributed by atoms with Crippen LogP contribution in [0.2, 0.25) is 0 Å². The molecule has 20 heavy (non-hydrogen) atoms. The summed E-state index contributed by atoms with van der Waals surface area (Å²) in [5.74, 6) is -1.02. The van der Waals surface area contributed by atoms with Crippen LogP contribution in [0.3, 0.4) is 0 Å². The molecule has 0 saturated carbocycles. The summed E-state index contributed by atoms with van der Waals surface area (Å²) in [6.45, 7) is 4.33. The Morgan fingerprint density at radius 1 is 1.45 bits per heavy atom. The molecule has 1 atom stereocenters. The van der Waals surface area contributed by atoms with Gasteiger partial charge >= 0.3 is 11.9 Å². The summed E-state index contributed by atoms with van der Waals surface area (Å²) in [5, 5.41) is 0. The zero-order valence-corrected chi connectivity index (χ0v) is 11.8. The van der Waals surface area contributed by atoms with Crippen LogP contribution in [-0.2, 0) is 25.6 Å². The normalized spacial score (nSPS) is 20.6. The quantitative estimate of drug-likeness (QED) is 0.788. The van der Waals surface area contributed by atoms with Crippen LogP contribution in [0.15, 0.2) is 24.3 Å². The minimum atomic E-state index is -0.860. The first kappa shape index (κ1) is 14.5. The Hall–Kier alpha value is -1.88. The topological polar surface area (TPSA) is 61.8 Å². The number of carbonyl (C=O) groups is 2. The van der Waals surface area contributed by atoms with Gasteiger partial charge in [-0.2, -0.15) is 0 Å². The fraction of sp³-hybridized carbons (Fsp3) is 0.467. The van der Waals surface area contributed by atoms with Gasteiger partial charge in [0.05, 0.1) is 12.2 Å². The van der Waals surface area contributed by atoms with Crippen molar-refractivity contribution in [1.29, 1.82) is 0 Å². The predicted octanol–water partition coefficient (Wildman–Crippen LogP) is 1.94. The Bertz CT molecular complexity index is 521. The van der Waals surface area contributed by atoms with Gasteiger partial charge in [0.1, 0.15) is 6.61 Å². The molecule has 0 amide bonds. The molecule has 0 aliphatic carbocycles. The van der Waals surface area contributed by atoms with Gasteiger partial charge in [0.15, 0.2) is 0 Å². The minimum Gasteiger partial charge on any atom is -0.462 e. The number of cyclic esters (lactones) is 1. The van der Waals surface area contributed by atoms with E-state index in [1.807, 2.05) is 19.9 Å². The fourth-order valence-electron chi connectivity index (χ4n) is 2.07. The molecule has 1 saturated heterocycles. The number of hydrogen-bond donors (Lipinski definition) is 0. The maximum atomic E-state index is 12.1. The Morgan fingerprint density at radius 2 is 2.20 bits per heavy atom. The third-order valence-electron chi connectivity index (χ3n) is 3.21. The molecule has 1 heterocycles. The minimum absolute atomic E-state index is 0.257. The molecule has 1 aliphatic rings. The van der Waals surface area contributed by atoms with Crippen molar-refractivity contribution in [2.75, 3.05) is 13.7 Å². The molecule has 0 spiro atoms. The molecule has 108 valence electrons. The highest BCUT2D eigenvalue weighted by Crippen LogP contribution is 2.31. The first-order valence-corrected chi connectivity index (χ1v) is 6.39. The second-order valence-corrected chi connectivity index (χ2v) is 5.52. The van der Waals surface area contributed by atoms with Gasteiger partial charge in [-0.05, 0) is 17.7 Å². The molecule has 1 aliphatic heterocycles. The van der Waals surface area contributed by atoms with Crippen LogP contribution in [0, 0.1) is 5.41 Å². The lowest BCUT2D eigenvalue weighted by Crippen LogP contribution is -2.34. The van der Waals surface area contributed by atoms with E-state index in [1.54, 1.807) is 25.3 Å². The van der Waals surface area contributed by atoms with Crippen molar-refractivity contribution in [2.24, 2.45) is 5.41 Å². The Morgan fingerprint density at radius 3 is 2.80 bits per heavy atom. The van der Waals surface area contributed by atoms with E-state index in [1.165, 1.54) is 0 Å². The van der Waals surface area contributed by atoms with Crippen molar-refractivity contribution in [3.8, 4) is 0 Å². The van der Waals surface area contributed by atoms with E-state index in [0.717, 1.165) is 5.56 Å². The van der Waals surface area contributed by atoms with Gasteiger partial charge in [0, 0.05) is 12.5 Å². The number of benzene rings is 1. The molecular formula is C15H18O5. The largest absolute Gasteiger partial charge is 0.462 e. The molecular weight excluding hydrogens is 260 g/mol. The van der Waals surface area contributed by atoms with Gasteiger partial charge in [-0.3, -0.25) is 0 Å². The zero-order valence-electron chi connectivity index (χ0n) is 11.8. The van der Waals surface area contributed by atoms with E-state index in [0.29, 0.717) is 12.2 Å². The summed E-state index contributed by atoms with van der Waals surface area (Å²) >= 11 is 0. The van der Waals surface area contributed by atoms with E-state index in [9.17, 15) is 9.59 Å². The summed E-state index contributed by atoms with van der Waals surface area (Å²) < 4.78 is 15.3. The monoisotopic (exact) mass is 278 g/mol. The van der Waals surface area contributed by atoms with E-state index >= 15 is 0 Å². The van der Waals surface area contributed by atoms with Crippen molar-refractivity contribution in [1.82, 2.24) is 0 Å². The molecule has 0 radical (unpaired) electrons. The first-order valence-electron chi connectivity index (χ1n) is 6.39. The van der Waals surface area contributed by atoms with E-state index < -0.39 is 23.5 Å². The molecule has 0 N–H and O–H groups in total. The molecule has 0 bridgehead atoms. The number of rotatable bonds is 4. The molecule has 1 fully saturated rings. The third-order valence-corrected chi connectivity index (χ3v) is 3.21. The highest BCUT2D eigenvalue weighted by Gasteiger charge is 2.46. The van der Waals surface area contributed by atoms with Gasteiger partial charge in [-0.25, -0.2) is 9.59 Å². The van der Waals surface area contributed by atoms with E-state index in [2.05, 4.69) is 0 Å². The lowest BCUT2D eigenvalue weighted by atomic mass is 9.90. The molecule has 1 aromatic rings. The lowest BCUT2D eigenvalue weighted by Gasteiger charge is -2.21. The molecule has 2 rings (SSSR count). The number of hydrogen-bond acceptors (Lipinski definition) is 5. The van der Waals surface area contributed by atoms with Crippen LogP contribution in [-0.4, -0.2) is 31.8 Å². The number of ether oxygens (including phenoxy) is 3. The summed E-state index contributed by atoms with van der Waals surface area (Å²) in [6.07, 6.45) is -0.860. The average molecular weight is 278 g/mol. The van der Waals surface area contributed by atoms with Gasteiger partial charge < -0.3 is 14.2 Å². The highest BCUT2D eigenvalue weighted by molar-refractivity contribution is 5.92. The van der Waals surface area contributed by atoms with Gasteiger partial charge in [0.2, 0.25) is 6.10 Å². The Labute approximate surface area is 117 Å². The molecule has 5 nitrogen and oxygen atoms in total. The summed E-state index contributed by atoms with van der Waals surface area (Å²) in [5.41, 5.74) is 0.766. The van der Waals surface area contributed by atoms with Gasteiger partial charge in [0.25, 0.3) is 0 Å². The van der Waals surface area contributed by atoms with E-state index in [4.69, 9.17) is 14.2 Å².